The summed E-state index contributed by atoms with van der Waals surface area (Å²) in [5.41, 5.74) is 0.564. The van der Waals surface area contributed by atoms with Gasteiger partial charge in [0, 0.05) is 17.2 Å². The highest BCUT2D eigenvalue weighted by Gasteiger charge is 2.50. The van der Waals surface area contributed by atoms with E-state index >= 15 is 0 Å². The highest BCUT2D eigenvalue weighted by molar-refractivity contribution is 8.00. The first-order valence-corrected chi connectivity index (χ1v) is 18.5. The number of rotatable bonds is 14. The van der Waals surface area contributed by atoms with Gasteiger partial charge in [-0.3, -0.25) is 24.0 Å². The maximum Gasteiger partial charge on any atom is 0.254 e. The standard InChI is InChI=1S/C38H51N5O6S/c1-37(2,3)30(42-33(46)28(25-14-10-7-11-15-25)41-32(45)26-18-19-26)34(47)40-27(20-23-12-8-6-9-13-23)29(44)36(49)43-22-50-38(4,5)31(43)35(48)39-21-24-16-17-24/h6-15,24,26-31,44H,16-22H2,1-5H3,(H,39,48)(H,40,47)(H,41,45)(H,42,46)/t27-,28-,29-,30+,31+/m0/s1. The van der Waals surface area contributed by atoms with E-state index in [-0.39, 0.29) is 30.0 Å². The molecule has 2 aliphatic carbocycles. The van der Waals surface area contributed by atoms with Gasteiger partial charge >= 0.3 is 0 Å². The van der Waals surface area contributed by atoms with Crippen LogP contribution in [0.2, 0.25) is 0 Å². The van der Waals surface area contributed by atoms with E-state index in [0.29, 0.717) is 18.0 Å². The molecule has 5 amide bonds. The predicted octanol–water partition coefficient (Wildman–Crippen LogP) is 3.08. The van der Waals surface area contributed by atoms with Gasteiger partial charge in [0.1, 0.15) is 18.1 Å². The zero-order valence-electron chi connectivity index (χ0n) is 29.6. The van der Waals surface area contributed by atoms with Crippen molar-refractivity contribution in [1.29, 1.82) is 0 Å². The van der Waals surface area contributed by atoms with E-state index in [4.69, 9.17) is 0 Å². The quantitative estimate of drug-likeness (QED) is 0.202. The average Bonchev–Trinajstić information content (AvgIpc) is 4.01. The lowest BCUT2D eigenvalue weighted by Gasteiger charge is -2.35. The fourth-order valence-electron chi connectivity index (χ4n) is 6.25. The van der Waals surface area contributed by atoms with Crippen LogP contribution in [-0.4, -0.2) is 80.9 Å². The van der Waals surface area contributed by atoms with Gasteiger partial charge in [-0.1, -0.05) is 81.4 Å². The molecule has 2 aromatic carbocycles. The van der Waals surface area contributed by atoms with E-state index in [2.05, 4.69) is 21.3 Å². The molecule has 5 rings (SSSR count). The van der Waals surface area contributed by atoms with Gasteiger partial charge in [0.25, 0.3) is 5.91 Å². The number of carbonyl (C=O) groups excluding carboxylic acids is 5. The molecule has 270 valence electrons. The molecular formula is C38H51N5O6S. The number of benzene rings is 2. The van der Waals surface area contributed by atoms with Crippen molar-refractivity contribution in [3.63, 3.8) is 0 Å². The molecule has 3 fully saturated rings. The second-order valence-corrected chi connectivity index (χ2v) is 17.1. The Morgan fingerprint density at radius 1 is 0.860 bits per heavy atom. The minimum Gasteiger partial charge on any atom is -0.381 e. The second-order valence-electron chi connectivity index (χ2n) is 15.5. The van der Waals surface area contributed by atoms with Crippen LogP contribution in [0.5, 0.6) is 0 Å². The van der Waals surface area contributed by atoms with Gasteiger partial charge in [-0.25, -0.2) is 0 Å². The van der Waals surface area contributed by atoms with E-state index in [1.807, 2.05) is 50.2 Å². The molecule has 0 unspecified atom stereocenters. The van der Waals surface area contributed by atoms with Crippen molar-refractivity contribution in [2.45, 2.75) is 102 Å². The Balaban J connectivity index is 1.36. The van der Waals surface area contributed by atoms with Crippen LogP contribution < -0.4 is 21.3 Å². The fourth-order valence-corrected chi connectivity index (χ4v) is 7.39. The Kier molecular flexibility index (Phi) is 11.6. The molecule has 12 heteroatoms. The average molecular weight is 706 g/mol. The predicted molar refractivity (Wildman–Crippen MR) is 192 cm³/mol. The molecule has 11 nitrogen and oxygen atoms in total. The summed E-state index contributed by atoms with van der Waals surface area (Å²) >= 11 is 1.46. The van der Waals surface area contributed by atoms with Gasteiger partial charge in [-0.15, -0.1) is 11.8 Å². The first-order chi connectivity index (χ1) is 23.7. The topological polar surface area (TPSA) is 157 Å². The molecule has 1 aliphatic heterocycles. The third-order valence-corrected chi connectivity index (χ3v) is 11.0. The SMILES string of the molecule is CC(C)(C)[C@H](NC(=O)[C@@H](NC(=O)C1CC1)c1ccccc1)C(=O)N[C@@H](Cc1ccccc1)[C@H](O)C(=O)N1CSC(C)(C)[C@H]1C(=O)NCC1CC1. The van der Waals surface area contributed by atoms with Crippen molar-refractivity contribution in [2.24, 2.45) is 17.3 Å². The molecule has 5 N–H and O–H groups in total. The van der Waals surface area contributed by atoms with Crippen LogP contribution in [0.1, 0.15) is 77.5 Å². The summed E-state index contributed by atoms with van der Waals surface area (Å²) in [4.78, 5) is 69.8. The number of carbonyl (C=O) groups is 5. The first kappa shape index (κ1) is 37.4. The molecule has 50 heavy (non-hydrogen) atoms. The lowest BCUT2D eigenvalue weighted by molar-refractivity contribution is -0.148. The summed E-state index contributed by atoms with van der Waals surface area (Å²) in [5.74, 6) is -1.71. The van der Waals surface area contributed by atoms with Crippen LogP contribution in [0.3, 0.4) is 0 Å². The lowest BCUT2D eigenvalue weighted by Crippen LogP contribution is -2.62. The van der Waals surface area contributed by atoms with Crippen LogP contribution in [-0.2, 0) is 30.4 Å². The van der Waals surface area contributed by atoms with Crippen LogP contribution in [0.25, 0.3) is 0 Å². The monoisotopic (exact) mass is 705 g/mol. The molecule has 0 bridgehead atoms. The van der Waals surface area contributed by atoms with Crippen molar-refractivity contribution in [1.82, 2.24) is 26.2 Å². The number of nitrogens with one attached hydrogen (secondary N) is 4. The van der Waals surface area contributed by atoms with E-state index in [1.54, 1.807) is 45.0 Å². The number of hydrogen-bond acceptors (Lipinski definition) is 7. The summed E-state index contributed by atoms with van der Waals surface area (Å²) in [7, 11) is 0. The van der Waals surface area contributed by atoms with Crippen molar-refractivity contribution in [3.8, 4) is 0 Å². The van der Waals surface area contributed by atoms with Gasteiger partial charge in [0.15, 0.2) is 6.10 Å². The highest BCUT2D eigenvalue weighted by atomic mass is 32.2. The van der Waals surface area contributed by atoms with Gasteiger partial charge in [-0.05, 0) is 68.4 Å². The number of amides is 5. The number of nitrogens with zero attached hydrogens (tertiary/aromatic N) is 1. The molecule has 0 spiro atoms. The molecular weight excluding hydrogens is 655 g/mol. The van der Waals surface area contributed by atoms with Gasteiger partial charge < -0.3 is 31.3 Å². The molecule has 1 heterocycles. The third-order valence-electron chi connectivity index (χ3n) is 9.64. The number of aliphatic hydroxyl groups is 1. The maximum absolute atomic E-state index is 14.2. The molecule has 2 saturated carbocycles. The van der Waals surface area contributed by atoms with Gasteiger partial charge in [-0.2, -0.15) is 0 Å². The van der Waals surface area contributed by atoms with E-state index < -0.39 is 58.2 Å². The normalized spacial score (nSPS) is 20.9. The van der Waals surface area contributed by atoms with Crippen molar-refractivity contribution in [2.75, 3.05) is 12.4 Å². The Morgan fingerprint density at radius 2 is 1.48 bits per heavy atom. The summed E-state index contributed by atoms with van der Waals surface area (Å²) < 4.78 is -0.590. The summed E-state index contributed by atoms with van der Waals surface area (Å²) in [5, 5.41) is 23.4. The van der Waals surface area contributed by atoms with Gasteiger partial charge in [0.2, 0.25) is 23.6 Å². The minimum atomic E-state index is -1.68. The molecule has 2 aromatic rings. The Bertz CT molecular complexity index is 1540. The van der Waals surface area contributed by atoms with Crippen molar-refractivity contribution >= 4 is 41.3 Å². The zero-order chi connectivity index (χ0) is 36.2. The fraction of sp³-hybridized carbons (Fsp3) is 0.553. The highest BCUT2D eigenvalue weighted by Crippen LogP contribution is 2.40. The van der Waals surface area contributed by atoms with E-state index in [1.165, 1.54) is 16.7 Å². The molecule has 5 atom stereocenters. The number of thioether (sulfide) groups is 1. The van der Waals surface area contributed by atoms with Crippen LogP contribution in [0.15, 0.2) is 60.7 Å². The molecule has 3 aliphatic rings. The third kappa shape index (κ3) is 9.45. The number of aliphatic hydroxyl groups excluding tert-OH is 1. The van der Waals surface area contributed by atoms with Gasteiger partial charge in [0.05, 0.1) is 11.9 Å². The summed E-state index contributed by atoms with van der Waals surface area (Å²) in [6.45, 7) is 9.80. The zero-order valence-corrected chi connectivity index (χ0v) is 30.4. The van der Waals surface area contributed by atoms with Crippen molar-refractivity contribution in [3.05, 3.63) is 71.8 Å². The Labute approximate surface area is 299 Å². The van der Waals surface area contributed by atoms with E-state index in [9.17, 15) is 29.1 Å². The molecule has 0 aromatic heterocycles. The van der Waals surface area contributed by atoms with E-state index in [0.717, 1.165) is 31.2 Å². The Morgan fingerprint density at radius 3 is 2.06 bits per heavy atom. The van der Waals surface area contributed by atoms with Crippen LogP contribution in [0, 0.1) is 17.3 Å². The van der Waals surface area contributed by atoms with Crippen LogP contribution in [0.4, 0.5) is 0 Å². The lowest BCUT2D eigenvalue weighted by atomic mass is 9.85. The second kappa shape index (κ2) is 15.6. The Hall–Kier alpha value is -3.90. The largest absolute Gasteiger partial charge is 0.381 e. The molecule has 1 saturated heterocycles. The van der Waals surface area contributed by atoms with Crippen LogP contribution >= 0.6 is 11.8 Å². The maximum atomic E-state index is 14.2. The summed E-state index contributed by atoms with van der Waals surface area (Å²) in [6, 6.07) is 14.1. The number of hydrogen-bond donors (Lipinski definition) is 5. The molecule has 0 radical (unpaired) electrons. The summed E-state index contributed by atoms with van der Waals surface area (Å²) in [6.07, 6.45) is 2.12. The van der Waals surface area contributed by atoms with Crippen molar-refractivity contribution < 1.29 is 29.1 Å². The minimum absolute atomic E-state index is 0.122. The first-order valence-electron chi connectivity index (χ1n) is 17.6. The smallest absolute Gasteiger partial charge is 0.254 e.